The standard InChI is InChI=1S/C51H81NO12/c1-32(25-35(4)45(56)30-46(57)37(6)27-36(5)44(55)28-39(8)53)15-11-10-12-16-34(3)47(62-9)29-42-23-18-38(7)51(61,64-42)48(58)49(59)52-24-14-13-17-43(52)50(60)63-31-33(2)26-40-19-21-41(54)22-20-40/h10-12,15-16,27,32-33,35-36,38-43,46-47,53-54,57,61H,13-14,17-26,28-31H2,1-9H3/b12-10+,15-11+,34-16+,37-27+/t32-,33-,35+,36-,38-,39?,40?,41?,42+,43+,46+,47+,51-/m1/s1. The van der Waals surface area contributed by atoms with Crippen molar-refractivity contribution in [2.75, 3.05) is 20.3 Å². The molecule has 0 aromatic carbocycles. The molecule has 2 heterocycles. The van der Waals surface area contributed by atoms with E-state index >= 15 is 0 Å². The van der Waals surface area contributed by atoms with Crippen molar-refractivity contribution in [2.24, 2.45) is 35.5 Å². The number of nitrogens with zero attached hydrogens (tertiary/aromatic N) is 1. The zero-order chi connectivity index (χ0) is 47.7. The number of aliphatic hydroxyl groups is 4. The summed E-state index contributed by atoms with van der Waals surface area (Å²) in [6.45, 7) is 14.9. The van der Waals surface area contributed by atoms with Crippen LogP contribution in [-0.2, 0) is 38.2 Å². The van der Waals surface area contributed by atoms with Crippen LogP contribution < -0.4 is 0 Å². The number of carbonyl (C=O) groups excluding carboxylic acids is 5. The molecule has 3 aliphatic rings. The van der Waals surface area contributed by atoms with Gasteiger partial charge < -0.3 is 39.5 Å². The SMILES string of the molecule is CO[C@@H](C[C@@H]1CC[C@@H](C)[C@](O)(C(=O)C(=O)N2CCCC[C@H]2C(=O)OC[C@H](C)CC2CCC(O)CC2)O1)/C(C)=C/C=C/C=C/[C@@H](C)C[C@H](C)C(=O)C[C@H](O)/C(C)=C/[C@@H](C)C(=O)CC(C)O. The predicted octanol–water partition coefficient (Wildman–Crippen LogP) is 6.93. The predicted molar refractivity (Wildman–Crippen MR) is 246 cm³/mol. The molecule has 13 heteroatoms. The fourth-order valence-corrected chi connectivity index (χ4v) is 9.28. The first-order valence-electron chi connectivity index (χ1n) is 23.9. The number of hydrogen-bond donors (Lipinski definition) is 4. The largest absolute Gasteiger partial charge is 0.464 e. The van der Waals surface area contributed by atoms with Crippen LogP contribution in [-0.4, -0.2) is 117 Å². The van der Waals surface area contributed by atoms with Crippen LogP contribution in [0.5, 0.6) is 0 Å². The summed E-state index contributed by atoms with van der Waals surface area (Å²) < 4.78 is 17.6. The van der Waals surface area contributed by atoms with E-state index in [1.54, 1.807) is 40.9 Å². The van der Waals surface area contributed by atoms with E-state index in [1.165, 1.54) is 4.90 Å². The van der Waals surface area contributed by atoms with Gasteiger partial charge in [0.2, 0.25) is 5.79 Å². The van der Waals surface area contributed by atoms with Crippen LogP contribution >= 0.6 is 0 Å². The van der Waals surface area contributed by atoms with Crippen LogP contribution in [0.2, 0.25) is 0 Å². The molecule has 11 atom stereocenters. The third-order valence-corrected chi connectivity index (χ3v) is 13.6. The number of amides is 1. The van der Waals surface area contributed by atoms with Crippen molar-refractivity contribution in [2.45, 2.75) is 188 Å². The van der Waals surface area contributed by atoms with Crippen molar-refractivity contribution < 1.29 is 58.6 Å². The van der Waals surface area contributed by atoms with Crippen LogP contribution in [0.15, 0.2) is 47.6 Å². The highest BCUT2D eigenvalue weighted by Gasteiger charge is 2.53. The molecule has 362 valence electrons. The molecule has 1 aliphatic carbocycles. The summed E-state index contributed by atoms with van der Waals surface area (Å²) in [6, 6.07) is -0.912. The molecule has 0 spiro atoms. The third kappa shape index (κ3) is 17.1. The van der Waals surface area contributed by atoms with Gasteiger partial charge in [0.25, 0.3) is 11.7 Å². The first kappa shape index (κ1) is 55.0. The summed E-state index contributed by atoms with van der Waals surface area (Å²) in [4.78, 5) is 67.5. The van der Waals surface area contributed by atoms with Crippen molar-refractivity contribution in [1.29, 1.82) is 0 Å². The average molecular weight is 900 g/mol. The number of ether oxygens (including phenoxy) is 3. The Labute approximate surface area is 382 Å². The lowest BCUT2D eigenvalue weighted by Gasteiger charge is -2.42. The van der Waals surface area contributed by atoms with Crippen molar-refractivity contribution in [1.82, 2.24) is 4.90 Å². The van der Waals surface area contributed by atoms with Crippen molar-refractivity contribution in [3.63, 3.8) is 0 Å². The molecule has 2 aliphatic heterocycles. The highest BCUT2D eigenvalue weighted by Crippen LogP contribution is 2.37. The van der Waals surface area contributed by atoms with Crippen LogP contribution in [0, 0.1) is 35.5 Å². The molecular weight excluding hydrogens is 819 g/mol. The van der Waals surface area contributed by atoms with Crippen LogP contribution in [0.25, 0.3) is 0 Å². The fraction of sp³-hybridized carbons (Fsp3) is 0.745. The van der Waals surface area contributed by atoms with Gasteiger partial charge in [0.1, 0.15) is 17.6 Å². The molecule has 1 amide bonds. The van der Waals surface area contributed by atoms with Gasteiger partial charge in [-0.1, -0.05) is 71.1 Å². The highest BCUT2D eigenvalue weighted by atomic mass is 16.6. The van der Waals surface area contributed by atoms with Crippen LogP contribution in [0.3, 0.4) is 0 Å². The maximum Gasteiger partial charge on any atom is 0.328 e. The van der Waals surface area contributed by atoms with E-state index in [1.807, 2.05) is 58.1 Å². The van der Waals surface area contributed by atoms with E-state index in [4.69, 9.17) is 14.2 Å². The Kier molecular flexibility index (Phi) is 23.0. The number of hydrogen-bond acceptors (Lipinski definition) is 12. The van der Waals surface area contributed by atoms with Crippen LogP contribution in [0.4, 0.5) is 0 Å². The monoisotopic (exact) mass is 900 g/mol. The molecule has 13 nitrogen and oxygen atoms in total. The summed E-state index contributed by atoms with van der Waals surface area (Å²) in [7, 11) is 1.58. The lowest BCUT2D eigenvalue weighted by Crippen LogP contribution is -2.60. The van der Waals surface area contributed by atoms with Gasteiger partial charge in [-0.3, -0.25) is 19.2 Å². The molecule has 0 bridgehead atoms. The minimum absolute atomic E-state index is 0.0353. The second-order valence-corrected chi connectivity index (χ2v) is 19.6. The number of rotatable bonds is 24. The second kappa shape index (κ2) is 26.7. The Balaban J connectivity index is 1.52. The lowest BCUT2D eigenvalue weighted by atomic mass is 9.82. The van der Waals surface area contributed by atoms with Crippen LogP contribution in [0.1, 0.15) is 145 Å². The Hall–Kier alpha value is -3.33. The van der Waals surface area contributed by atoms with Gasteiger partial charge in [-0.2, -0.15) is 0 Å². The summed E-state index contributed by atoms with van der Waals surface area (Å²) >= 11 is 0. The Morgan fingerprint density at radius 3 is 2.19 bits per heavy atom. The van der Waals surface area contributed by atoms with Gasteiger partial charge in [-0.25, -0.2) is 4.79 Å². The van der Waals surface area contributed by atoms with E-state index in [0.717, 1.165) is 37.7 Å². The zero-order valence-electron chi connectivity index (χ0n) is 40.2. The maximum atomic E-state index is 13.9. The van der Waals surface area contributed by atoms with Gasteiger partial charge in [-0.15, -0.1) is 0 Å². The number of Topliss-reactive ketones (excluding diaryl/α,β-unsaturated/α-hetero) is 3. The summed E-state index contributed by atoms with van der Waals surface area (Å²) in [5.74, 6) is -5.79. The van der Waals surface area contributed by atoms with Gasteiger partial charge in [0.15, 0.2) is 0 Å². The van der Waals surface area contributed by atoms with Crippen molar-refractivity contribution in [3.8, 4) is 0 Å². The Morgan fingerprint density at radius 1 is 0.844 bits per heavy atom. The molecule has 0 radical (unpaired) electrons. The number of carbonyl (C=O) groups is 5. The fourth-order valence-electron chi connectivity index (χ4n) is 9.28. The first-order valence-corrected chi connectivity index (χ1v) is 23.9. The molecule has 1 unspecified atom stereocenters. The van der Waals surface area contributed by atoms with E-state index < -0.39 is 65.7 Å². The average Bonchev–Trinajstić information content (AvgIpc) is 3.25. The molecule has 0 aromatic heterocycles. The molecule has 0 aromatic rings. The number of aliphatic hydroxyl groups excluding tert-OH is 3. The number of likely N-dealkylation sites (tertiary alicyclic amines) is 1. The summed E-state index contributed by atoms with van der Waals surface area (Å²) in [5, 5.41) is 41.7. The van der Waals surface area contributed by atoms with Gasteiger partial charge in [0, 0.05) is 50.7 Å². The number of esters is 1. The van der Waals surface area contributed by atoms with Gasteiger partial charge >= 0.3 is 5.97 Å². The summed E-state index contributed by atoms with van der Waals surface area (Å²) in [6.07, 6.45) is 16.4. The van der Waals surface area contributed by atoms with E-state index in [0.29, 0.717) is 56.4 Å². The van der Waals surface area contributed by atoms with E-state index in [2.05, 4.69) is 0 Å². The highest BCUT2D eigenvalue weighted by molar-refractivity contribution is 6.39. The quantitative estimate of drug-likeness (QED) is 0.0338. The van der Waals surface area contributed by atoms with Gasteiger partial charge in [0.05, 0.1) is 37.1 Å². The number of ketones is 3. The van der Waals surface area contributed by atoms with E-state index in [9.17, 15) is 44.4 Å². The number of methoxy groups -OCH3 is 1. The molecule has 3 fully saturated rings. The third-order valence-electron chi connectivity index (χ3n) is 13.6. The number of allylic oxidation sites excluding steroid dienone is 6. The second-order valence-electron chi connectivity index (χ2n) is 19.6. The topological polar surface area (TPSA) is 197 Å². The lowest BCUT2D eigenvalue weighted by molar-refractivity contribution is -0.265. The molecule has 1 saturated carbocycles. The Bertz CT molecular complexity index is 1660. The zero-order valence-corrected chi connectivity index (χ0v) is 40.2. The molecule has 3 rings (SSSR count). The van der Waals surface area contributed by atoms with Crippen molar-refractivity contribution >= 4 is 29.2 Å². The smallest absolute Gasteiger partial charge is 0.328 e. The summed E-state index contributed by atoms with van der Waals surface area (Å²) in [5.41, 5.74) is 1.45. The minimum atomic E-state index is -2.36. The van der Waals surface area contributed by atoms with E-state index in [-0.39, 0.29) is 61.4 Å². The van der Waals surface area contributed by atoms with Crippen molar-refractivity contribution in [3.05, 3.63) is 47.6 Å². The molecule has 64 heavy (non-hydrogen) atoms. The maximum absolute atomic E-state index is 13.9. The first-order chi connectivity index (χ1) is 30.2. The molecule has 2 saturated heterocycles. The molecule has 4 N–H and O–H groups in total. The molecular formula is C51H81NO12. The minimum Gasteiger partial charge on any atom is -0.464 e. The van der Waals surface area contributed by atoms with Gasteiger partial charge in [-0.05, 0) is 120 Å². The number of piperidine rings is 1. The normalized spacial score (nSPS) is 28.3. The Morgan fingerprint density at radius 2 is 1.53 bits per heavy atom.